The molecular formula is C13H20N2O3. The van der Waals surface area contributed by atoms with Gasteiger partial charge in [-0.15, -0.1) is 12.3 Å². The zero-order valence-corrected chi connectivity index (χ0v) is 10.9. The molecule has 1 unspecified atom stereocenters. The third kappa shape index (κ3) is 3.39. The van der Waals surface area contributed by atoms with E-state index in [4.69, 9.17) is 11.5 Å². The van der Waals surface area contributed by atoms with Gasteiger partial charge in [0.1, 0.15) is 0 Å². The van der Waals surface area contributed by atoms with Crippen LogP contribution in [0.15, 0.2) is 0 Å². The number of urea groups is 1. The van der Waals surface area contributed by atoms with E-state index in [-0.39, 0.29) is 12.1 Å². The normalized spacial score (nSPS) is 19.7. The second kappa shape index (κ2) is 5.76. The van der Waals surface area contributed by atoms with Crippen molar-refractivity contribution in [3.63, 3.8) is 0 Å². The van der Waals surface area contributed by atoms with Crippen LogP contribution >= 0.6 is 0 Å². The highest BCUT2D eigenvalue weighted by atomic mass is 16.4. The topological polar surface area (TPSA) is 69.6 Å². The van der Waals surface area contributed by atoms with Gasteiger partial charge in [-0.05, 0) is 26.7 Å². The van der Waals surface area contributed by atoms with Gasteiger partial charge in [0.2, 0.25) is 0 Å². The van der Waals surface area contributed by atoms with E-state index in [1.807, 2.05) is 6.92 Å². The molecule has 5 nitrogen and oxygen atoms in total. The van der Waals surface area contributed by atoms with Crippen LogP contribution in [0.25, 0.3) is 0 Å². The molecule has 0 saturated carbocycles. The number of nitrogens with one attached hydrogen (secondary N) is 1. The van der Waals surface area contributed by atoms with Gasteiger partial charge in [0.05, 0.1) is 5.41 Å². The summed E-state index contributed by atoms with van der Waals surface area (Å²) in [5.74, 6) is 1.70. The van der Waals surface area contributed by atoms with Crippen LogP contribution in [0.2, 0.25) is 0 Å². The van der Waals surface area contributed by atoms with Gasteiger partial charge in [-0.2, -0.15) is 0 Å². The van der Waals surface area contributed by atoms with Gasteiger partial charge in [-0.3, -0.25) is 4.79 Å². The Morgan fingerprint density at radius 2 is 2.06 bits per heavy atom. The van der Waals surface area contributed by atoms with E-state index in [2.05, 4.69) is 11.2 Å². The van der Waals surface area contributed by atoms with E-state index < -0.39 is 11.4 Å². The molecule has 0 aliphatic carbocycles. The van der Waals surface area contributed by atoms with Gasteiger partial charge in [0.15, 0.2) is 0 Å². The minimum Gasteiger partial charge on any atom is -0.481 e. The van der Waals surface area contributed by atoms with Gasteiger partial charge in [0.25, 0.3) is 0 Å². The predicted octanol–water partition coefficient (Wildman–Crippen LogP) is 1.29. The molecule has 18 heavy (non-hydrogen) atoms. The Labute approximate surface area is 108 Å². The molecule has 0 aromatic heterocycles. The van der Waals surface area contributed by atoms with E-state index >= 15 is 0 Å². The summed E-state index contributed by atoms with van der Waals surface area (Å²) in [6.45, 7) is 4.52. The van der Waals surface area contributed by atoms with Gasteiger partial charge in [-0.1, -0.05) is 0 Å². The molecule has 0 bridgehead atoms. The minimum absolute atomic E-state index is 0.0599. The Kier molecular flexibility index (Phi) is 4.60. The second-order valence-corrected chi connectivity index (χ2v) is 5.11. The largest absolute Gasteiger partial charge is 0.481 e. The average Bonchev–Trinajstić information content (AvgIpc) is 2.29. The predicted molar refractivity (Wildman–Crippen MR) is 68.0 cm³/mol. The van der Waals surface area contributed by atoms with Gasteiger partial charge in [0, 0.05) is 25.6 Å². The summed E-state index contributed by atoms with van der Waals surface area (Å²) in [5, 5.41) is 11.9. The first-order valence-corrected chi connectivity index (χ1v) is 6.11. The molecule has 1 aliphatic rings. The molecule has 2 N–H and O–H groups in total. The number of carboxylic acid groups (broad SMARTS) is 1. The highest BCUT2D eigenvalue weighted by Crippen LogP contribution is 2.30. The first-order chi connectivity index (χ1) is 8.39. The number of rotatable bonds is 3. The maximum atomic E-state index is 11.9. The molecule has 0 radical (unpaired) electrons. The van der Waals surface area contributed by atoms with Gasteiger partial charge in [-0.25, -0.2) is 4.79 Å². The van der Waals surface area contributed by atoms with Gasteiger partial charge >= 0.3 is 12.0 Å². The lowest BCUT2D eigenvalue weighted by Gasteiger charge is -2.36. The molecule has 0 aromatic carbocycles. The van der Waals surface area contributed by atoms with E-state index in [9.17, 15) is 9.59 Å². The smallest absolute Gasteiger partial charge is 0.317 e. The Hall–Kier alpha value is -1.70. The second-order valence-electron chi connectivity index (χ2n) is 5.11. The van der Waals surface area contributed by atoms with Crippen molar-refractivity contribution in [2.24, 2.45) is 5.41 Å². The van der Waals surface area contributed by atoms with Crippen LogP contribution < -0.4 is 5.32 Å². The van der Waals surface area contributed by atoms with Crippen molar-refractivity contribution in [2.75, 3.05) is 13.1 Å². The first-order valence-electron chi connectivity index (χ1n) is 6.11. The Balaban J connectivity index is 2.46. The van der Waals surface area contributed by atoms with E-state index in [0.717, 1.165) is 0 Å². The number of terminal acetylenes is 1. The van der Waals surface area contributed by atoms with Crippen LogP contribution in [0, 0.1) is 17.8 Å². The van der Waals surface area contributed by atoms with Crippen LogP contribution in [0.4, 0.5) is 4.79 Å². The molecule has 1 aliphatic heterocycles. The number of carbonyl (C=O) groups is 2. The lowest BCUT2D eigenvalue weighted by atomic mass is 9.80. The minimum atomic E-state index is -0.789. The number of aliphatic carboxylic acids is 1. The summed E-state index contributed by atoms with van der Waals surface area (Å²) in [6, 6.07) is -0.222. The van der Waals surface area contributed by atoms with Crippen LogP contribution in [0.5, 0.6) is 0 Å². The number of carboxylic acids is 1. The fraction of sp³-hybridized carbons (Fsp3) is 0.692. The van der Waals surface area contributed by atoms with Crippen molar-refractivity contribution in [3.8, 4) is 12.3 Å². The molecule has 1 saturated heterocycles. The van der Waals surface area contributed by atoms with Crippen LogP contribution in [0.3, 0.4) is 0 Å². The highest BCUT2D eigenvalue weighted by molar-refractivity contribution is 5.77. The van der Waals surface area contributed by atoms with Crippen LogP contribution in [-0.2, 0) is 4.79 Å². The van der Waals surface area contributed by atoms with Crippen molar-refractivity contribution < 1.29 is 14.7 Å². The molecule has 5 heteroatoms. The number of piperidine rings is 1. The van der Waals surface area contributed by atoms with Crippen LogP contribution in [0.1, 0.15) is 33.1 Å². The maximum absolute atomic E-state index is 11.9. The number of carbonyl (C=O) groups excluding carboxylic acids is 1. The van der Waals surface area contributed by atoms with E-state index in [0.29, 0.717) is 32.4 Å². The third-order valence-corrected chi connectivity index (χ3v) is 3.46. The summed E-state index contributed by atoms with van der Waals surface area (Å²) < 4.78 is 0. The lowest BCUT2D eigenvalue weighted by molar-refractivity contribution is -0.150. The first kappa shape index (κ1) is 14.4. The van der Waals surface area contributed by atoms with Crippen molar-refractivity contribution in [1.82, 2.24) is 10.2 Å². The quantitative estimate of drug-likeness (QED) is 0.744. The molecule has 0 aromatic rings. The SMILES string of the molecule is C#CCC(C)NC(=O)N1CCC(C)(C(=O)O)CC1. The third-order valence-electron chi connectivity index (χ3n) is 3.46. The number of nitrogens with zero attached hydrogens (tertiary/aromatic N) is 1. The zero-order chi connectivity index (χ0) is 13.8. The molecular weight excluding hydrogens is 232 g/mol. The van der Waals surface area contributed by atoms with Gasteiger partial charge < -0.3 is 15.3 Å². The van der Waals surface area contributed by atoms with Crippen LogP contribution in [-0.4, -0.2) is 41.1 Å². The summed E-state index contributed by atoms with van der Waals surface area (Å²) >= 11 is 0. The number of amides is 2. The Bertz CT molecular complexity index is 365. The highest BCUT2D eigenvalue weighted by Gasteiger charge is 2.38. The van der Waals surface area contributed by atoms with E-state index in [1.54, 1.807) is 11.8 Å². The summed E-state index contributed by atoms with van der Waals surface area (Å²) in [5.41, 5.74) is -0.707. The Morgan fingerprint density at radius 1 is 1.50 bits per heavy atom. The summed E-state index contributed by atoms with van der Waals surface area (Å²) in [6.07, 6.45) is 6.64. The van der Waals surface area contributed by atoms with Crippen molar-refractivity contribution in [2.45, 2.75) is 39.2 Å². The fourth-order valence-electron chi connectivity index (χ4n) is 1.95. The summed E-state index contributed by atoms with van der Waals surface area (Å²) in [7, 11) is 0. The molecule has 0 spiro atoms. The van der Waals surface area contributed by atoms with Crippen molar-refractivity contribution in [3.05, 3.63) is 0 Å². The monoisotopic (exact) mass is 252 g/mol. The fourth-order valence-corrected chi connectivity index (χ4v) is 1.95. The lowest BCUT2D eigenvalue weighted by Crippen LogP contribution is -2.50. The Morgan fingerprint density at radius 3 is 2.50 bits per heavy atom. The maximum Gasteiger partial charge on any atom is 0.317 e. The molecule has 2 amide bonds. The standard InChI is InChI=1S/C13H20N2O3/c1-4-5-10(2)14-12(18)15-8-6-13(3,7-9-15)11(16)17/h1,10H,5-9H2,2-3H3,(H,14,18)(H,16,17). The molecule has 1 rings (SSSR count). The zero-order valence-electron chi connectivity index (χ0n) is 10.9. The molecule has 1 fully saturated rings. The summed E-state index contributed by atoms with van der Waals surface area (Å²) in [4.78, 5) is 24.6. The molecule has 100 valence electrons. The number of hydrogen-bond donors (Lipinski definition) is 2. The number of likely N-dealkylation sites (tertiary alicyclic amines) is 1. The van der Waals surface area contributed by atoms with Crippen molar-refractivity contribution >= 4 is 12.0 Å². The molecule has 1 heterocycles. The molecule has 1 atom stereocenters. The number of hydrogen-bond acceptors (Lipinski definition) is 2. The average molecular weight is 252 g/mol. The van der Waals surface area contributed by atoms with Crippen molar-refractivity contribution in [1.29, 1.82) is 0 Å². The van der Waals surface area contributed by atoms with E-state index in [1.165, 1.54) is 0 Å².